The minimum atomic E-state index is -0.958. The summed E-state index contributed by atoms with van der Waals surface area (Å²) in [6.45, 7) is 1.79. The first kappa shape index (κ1) is 20.9. The van der Waals surface area contributed by atoms with Crippen LogP contribution in [0.4, 0.5) is 0 Å². The van der Waals surface area contributed by atoms with Crippen LogP contribution in [0.2, 0.25) is 0 Å². The van der Waals surface area contributed by atoms with E-state index in [1.165, 1.54) is 51.4 Å². The molecule has 0 spiro atoms. The number of hydrogen-bond donors (Lipinski definition) is 3. The molecule has 5 nitrogen and oxygen atoms in total. The fourth-order valence-corrected chi connectivity index (χ4v) is 2.42. The number of nitrogens with two attached hydrogens (primary N) is 1. The van der Waals surface area contributed by atoms with Gasteiger partial charge < -0.3 is 16.2 Å². The summed E-state index contributed by atoms with van der Waals surface area (Å²) in [5.41, 5.74) is 5.04. The minimum Gasteiger partial charge on any atom is -0.394 e. The molecule has 0 rings (SSSR count). The highest BCUT2D eigenvalue weighted by molar-refractivity contribution is 5.86. The third-order valence-corrected chi connectivity index (χ3v) is 3.87. The van der Waals surface area contributed by atoms with E-state index < -0.39 is 18.6 Å². The van der Waals surface area contributed by atoms with Gasteiger partial charge in [-0.3, -0.25) is 9.59 Å². The number of primary amides is 1. The van der Waals surface area contributed by atoms with Crippen LogP contribution < -0.4 is 11.1 Å². The molecule has 0 saturated carbocycles. The number of nitrogens with one attached hydrogen (secondary N) is 1. The van der Waals surface area contributed by atoms with Crippen molar-refractivity contribution in [1.29, 1.82) is 0 Å². The van der Waals surface area contributed by atoms with Crippen molar-refractivity contribution in [1.82, 2.24) is 5.32 Å². The third kappa shape index (κ3) is 12.6. The Hall–Kier alpha value is -1.10. The number of carbonyl (C=O) groups excluding carboxylic acids is 2. The maximum absolute atomic E-state index is 11.5. The van der Waals surface area contributed by atoms with Crippen molar-refractivity contribution in [2.75, 3.05) is 6.61 Å². The monoisotopic (exact) mass is 314 g/mol. The number of aliphatic hydroxyl groups is 1. The van der Waals surface area contributed by atoms with E-state index in [-0.39, 0.29) is 5.91 Å². The van der Waals surface area contributed by atoms with Crippen molar-refractivity contribution in [3.63, 3.8) is 0 Å². The van der Waals surface area contributed by atoms with E-state index in [0.29, 0.717) is 6.42 Å². The Kier molecular flexibility index (Phi) is 14.1. The molecule has 0 fully saturated rings. The van der Waals surface area contributed by atoms with Gasteiger partial charge in [-0.2, -0.15) is 0 Å². The molecule has 0 bridgehead atoms. The number of hydrogen-bond acceptors (Lipinski definition) is 3. The lowest BCUT2D eigenvalue weighted by molar-refractivity contribution is -0.128. The molecule has 0 aliphatic rings. The molecule has 0 aromatic rings. The average Bonchev–Trinajstić information content (AvgIpc) is 2.50. The highest BCUT2D eigenvalue weighted by atomic mass is 16.3. The van der Waals surface area contributed by atoms with Gasteiger partial charge in [-0.05, 0) is 6.42 Å². The fraction of sp³-hybridized carbons (Fsp3) is 0.882. The molecule has 5 heteroatoms. The number of carbonyl (C=O) groups is 2. The van der Waals surface area contributed by atoms with E-state index in [0.717, 1.165) is 19.3 Å². The second-order valence-corrected chi connectivity index (χ2v) is 5.99. The lowest BCUT2D eigenvalue weighted by atomic mass is 10.1. The van der Waals surface area contributed by atoms with Crippen LogP contribution in [0.1, 0.15) is 84.0 Å². The Morgan fingerprint density at radius 2 is 1.36 bits per heavy atom. The minimum absolute atomic E-state index is 0.214. The first-order valence-electron chi connectivity index (χ1n) is 8.81. The van der Waals surface area contributed by atoms with Gasteiger partial charge in [0.25, 0.3) is 0 Å². The van der Waals surface area contributed by atoms with Gasteiger partial charge in [-0.1, -0.05) is 71.1 Å². The predicted molar refractivity (Wildman–Crippen MR) is 89.3 cm³/mol. The van der Waals surface area contributed by atoms with E-state index in [9.17, 15) is 9.59 Å². The standard InChI is InChI=1S/C17H34N2O3/c1-2-3-4-5-6-7-8-9-10-11-12-13-16(21)19-15(14-20)17(18)22/h15,20H,2-14H2,1H3,(H2,18,22)(H,19,21)/t15-/m0/s1. The molecule has 0 aromatic heterocycles. The summed E-state index contributed by atoms with van der Waals surface area (Å²) in [5.74, 6) is -0.913. The van der Waals surface area contributed by atoms with Gasteiger partial charge in [-0.15, -0.1) is 0 Å². The second kappa shape index (κ2) is 14.8. The molecular weight excluding hydrogens is 280 g/mol. The van der Waals surface area contributed by atoms with Crippen LogP contribution in [0.25, 0.3) is 0 Å². The summed E-state index contributed by atoms with van der Waals surface area (Å²) in [4.78, 5) is 22.4. The van der Waals surface area contributed by atoms with E-state index in [4.69, 9.17) is 10.8 Å². The zero-order valence-electron chi connectivity index (χ0n) is 14.1. The summed E-state index contributed by atoms with van der Waals surface area (Å²) in [6.07, 6.45) is 14.0. The van der Waals surface area contributed by atoms with Crippen LogP contribution >= 0.6 is 0 Å². The highest BCUT2D eigenvalue weighted by Gasteiger charge is 2.15. The molecule has 0 heterocycles. The number of unbranched alkanes of at least 4 members (excludes halogenated alkanes) is 10. The lowest BCUT2D eigenvalue weighted by Gasteiger charge is -2.12. The van der Waals surface area contributed by atoms with Crippen LogP contribution in [0, 0.1) is 0 Å². The SMILES string of the molecule is CCCCCCCCCCCCCC(=O)N[C@@H](CO)C(N)=O. The molecule has 22 heavy (non-hydrogen) atoms. The summed E-state index contributed by atoms with van der Waals surface area (Å²) >= 11 is 0. The predicted octanol–water partition coefficient (Wildman–Crippen LogP) is 2.65. The molecule has 0 radical (unpaired) electrons. The summed E-state index contributed by atoms with van der Waals surface area (Å²) < 4.78 is 0. The molecule has 4 N–H and O–H groups in total. The van der Waals surface area contributed by atoms with Crippen molar-refractivity contribution in [3.05, 3.63) is 0 Å². The zero-order chi connectivity index (χ0) is 16.6. The molecule has 0 saturated heterocycles. The normalized spacial score (nSPS) is 12.1. The molecule has 0 aliphatic carbocycles. The van der Waals surface area contributed by atoms with Gasteiger partial charge in [0.1, 0.15) is 6.04 Å². The first-order valence-corrected chi connectivity index (χ1v) is 8.81. The van der Waals surface area contributed by atoms with E-state index >= 15 is 0 Å². The topological polar surface area (TPSA) is 92.4 Å². The Bertz CT molecular complexity index is 296. The van der Waals surface area contributed by atoms with Crippen molar-refractivity contribution >= 4 is 11.8 Å². The Morgan fingerprint density at radius 1 is 0.909 bits per heavy atom. The second-order valence-electron chi connectivity index (χ2n) is 5.99. The van der Waals surface area contributed by atoms with Gasteiger partial charge in [0.15, 0.2) is 0 Å². The van der Waals surface area contributed by atoms with Crippen LogP contribution in [0.3, 0.4) is 0 Å². The summed E-state index contributed by atoms with van der Waals surface area (Å²) in [5, 5.41) is 11.3. The fourth-order valence-electron chi connectivity index (χ4n) is 2.42. The number of amides is 2. The molecular formula is C17H34N2O3. The van der Waals surface area contributed by atoms with Gasteiger partial charge in [-0.25, -0.2) is 0 Å². The van der Waals surface area contributed by atoms with Gasteiger partial charge >= 0.3 is 0 Å². The van der Waals surface area contributed by atoms with Crippen molar-refractivity contribution < 1.29 is 14.7 Å². The maximum Gasteiger partial charge on any atom is 0.242 e. The van der Waals surface area contributed by atoms with E-state index in [1.54, 1.807) is 0 Å². The quantitative estimate of drug-likeness (QED) is 0.406. The van der Waals surface area contributed by atoms with E-state index in [1.807, 2.05) is 0 Å². The average molecular weight is 314 g/mol. The van der Waals surface area contributed by atoms with E-state index in [2.05, 4.69) is 12.2 Å². The molecule has 130 valence electrons. The maximum atomic E-state index is 11.5. The molecule has 0 unspecified atom stereocenters. The largest absolute Gasteiger partial charge is 0.394 e. The smallest absolute Gasteiger partial charge is 0.242 e. The van der Waals surface area contributed by atoms with Gasteiger partial charge in [0.05, 0.1) is 6.61 Å². The molecule has 0 aromatic carbocycles. The van der Waals surface area contributed by atoms with Crippen molar-refractivity contribution in [2.45, 2.75) is 90.0 Å². The Labute approximate surface area is 135 Å². The Morgan fingerprint density at radius 3 is 1.77 bits per heavy atom. The van der Waals surface area contributed by atoms with Crippen LogP contribution in [-0.2, 0) is 9.59 Å². The molecule has 0 aliphatic heterocycles. The van der Waals surface area contributed by atoms with Gasteiger partial charge in [0, 0.05) is 6.42 Å². The summed E-state index contributed by atoms with van der Waals surface area (Å²) in [7, 11) is 0. The van der Waals surface area contributed by atoms with Crippen molar-refractivity contribution in [3.8, 4) is 0 Å². The third-order valence-electron chi connectivity index (χ3n) is 3.87. The number of rotatable bonds is 15. The molecule has 2 amide bonds. The van der Waals surface area contributed by atoms with Crippen LogP contribution in [-0.4, -0.2) is 29.6 Å². The van der Waals surface area contributed by atoms with Crippen LogP contribution in [0.5, 0.6) is 0 Å². The number of aliphatic hydroxyl groups excluding tert-OH is 1. The van der Waals surface area contributed by atoms with Crippen molar-refractivity contribution in [2.24, 2.45) is 5.73 Å². The lowest BCUT2D eigenvalue weighted by Crippen LogP contribution is -2.46. The van der Waals surface area contributed by atoms with Crippen LogP contribution in [0.15, 0.2) is 0 Å². The van der Waals surface area contributed by atoms with Gasteiger partial charge in [0.2, 0.25) is 11.8 Å². The highest BCUT2D eigenvalue weighted by Crippen LogP contribution is 2.11. The zero-order valence-corrected chi connectivity index (χ0v) is 14.1. The molecule has 1 atom stereocenters. The summed E-state index contributed by atoms with van der Waals surface area (Å²) in [6, 6.07) is -0.958. The Balaban J connectivity index is 3.35. The first-order chi connectivity index (χ1) is 10.6.